The van der Waals surface area contributed by atoms with Crippen LogP contribution >= 0.6 is 22.6 Å². The molecular formula is C13H31IO5Si2. The first kappa shape index (κ1) is 22.0. The molecule has 0 saturated carbocycles. The monoisotopic (exact) mass is 450 g/mol. The second-order valence-electron chi connectivity index (χ2n) is 4.39. The fourth-order valence-electron chi connectivity index (χ4n) is 2.20. The molecule has 0 radical (unpaired) electrons. The summed E-state index contributed by atoms with van der Waals surface area (Å²) in [7, 11) is -4.79. The Morgan fingerprint density at radius 3 is 1.29 bits per heavy atom. The van der Waals surface area contributed by atoms with E-state index in [4.69, 9.17) is 22.1 Å². The Morgan fingerprint density at radius 2 is 1.00 bits per heavy atom. The van der Waals surface area contributed by atoms with Crippen molar-refractivity contribution >= 4 is 40.0 Å². The Labute approximate surface area is 145 Å². The van der Waals surface area contributed by atoms with Crippen molar-refractivity contribution in [3.8, 4) is 0 Å². The summed E-state index contributed by atoms with van der Waals surface area (Å²) in [6.45, 7) is 13.2. The zero-order valence-electron chi connectivity index (χ0n) is 14.1. The molecule has 0 unspecified atom stereocenters. The van der Waals surface area contributed by atoms with Gasteiger partial charge in [-0.3, -0.25) is 0 Å². The van der Waals surface area contributed by atoms with Crippen LogP contribution in [-0.2, 0) is 22.1 Å². The van der Waals surface area contributed by atoms with E-state index in [2.05, 4.69) is 22.6 Å². The van der Waals surface area contributed by atoms with Gasteiger partial charge in [-0.1, -0.05) is 22.6 Å². The molecule has 128 valence electrons. The Balaban J connectivity index is 4.94. The molecule has 21 heavy (non-hydrogen) atoms. The molecule has 0 aliphatic heterocycles. The van der Waals surface area contributed by atoms with Crippen LogP contribution in [0.15, 0.2) is 0 Å². The second kappa shape index (κ2) is 12.4. The summed E-state index contributed by atoms with van der Waals surface area (Å²) in [5.74, 6) is 0. The minimum absolute atomic E-state index is 0.605. The normalized spacial score (nSPS) is 12.9. The topological polar surface area (TPSA) is 46.2 Å². The van der Waals surface area contributed by atoms with Crippen LogP contribution in [0.25, 0.3) is 0 Å². The first-order valence-corrected chi connectivity index (χ1v) is 13.5. The molecule has 0 N–H and O–H groups in total. The fourth-order valence-corrected chi connectivity index (χ4v) is 11.1. The summed E-state index contributed by atoms with van der Waals surface area (Å²) >= 11 is 2.37. The van der Waals surface area contributed by atoms with Gasteiger partial charge in [0.05, 0.1) is 0 Å². The maximum Gasteiger partial charge on any atom is 0.500 e. The molecule has 0 aliphatic carbocycles. The van der Waals surface area contributed by atoms with Crippen molar-refractivity contribution < 1.29 is 22.1 Å². The van der Waals surface area contributed by atoms with Crippen molar-refractivity contribution in [3.63, 3.8) is 0 Å². The van der Waals surface area contributed by atoms with Crippen LogP contribution in [0.3, 0.4) is 0 Å². The van der Waals surface area contributed by atoms with E-state index in [1.807, 2.05) is 34.6 Å². The molecule has 0 amide bonds. The lowest BCUT2D eigenvalue weighted by Gasteiger charge is -2.33. The molecule has 0 bridgehead atoms. The highest BCUT2D eigenvalue weighted by Gasteiger charge is 2.46. The van der Waals surface area contributed by atoms with Crippen molar-refractivity contribution in [2.75, 3.05) is 37.1 Å². The first-order valence-electron chi connectivity index (χ1n) is 7.83. The maximum atomic E-state index is 6.01. The average Bonchev–Trinajstić information content (AvgIpc) is 2.46. The third kappa shape index (κ3) is 7.86. The lowest BCUT2D eigenvalue weighted by Crippen LogP contribution is -2.51. The van der Waals surface area contributed by atoms with Crippen LogP contribution in [0.1, 0.15) is 34.6 Å². The molecular weight excluding hydrogens is 419 g/mol. The standard InChI is InChI=1S/C13H31IO5Si2/c1-6-15-20(13-14,16-7-2)11-12-21(17-8-3,18-9-4)19-10-5/h6-13H2,1-5H3. The van der Waals surface area contributed by atoms with Crippen molar-refractivity contribution in [2.24, 2.45) is 0 Å². The van der Waals surface area contributed by atoms with Crippen LogP contribution in [0.4, 0.5) is 0 Å². The van der Waals surface area contributed by atoms with Gasteiger partial charge in [-0.05, 0) is 40.7 Å². The van der Waals surface area contributed by atoms with E-state index in [1.54, 1.807) is 0 Å². The third-order valence-corrected chi connectivity index (χ3v) is 13.0. The second-order valence-corrected chi connectivity index (χ2v) is 12.6. The molecule has 0 aliphatic rings. The molecule has 0 rings (SSSR count). The minimum atomic E-state index is -2.61. The summed E-state index contributed by atoms with van der Waals surface area (Å²) < 4.78 is 30.7. The molecule has 0 aromatic carbocycles. The van der Waals surface area contributed by atoms with Gasteiger partial charge in [0.25, 0.3) is 0 Å². The van der Waals surface area contributed by atoms with E-state index in [0.29, 0.717) is 33.0 Å². The molecule has 8 heteroatoms. The average molecular weight is 450 g/mol. The quantitative estimate of drug-likeness (QED) is 0.230. The molecule has 0 heterocycles. The Kier molecular flexibility index (Phi) is 13.0. The summed E-state index contributed by atoms with van der Waals surface area (Å²) in [5.41, 5.74) is 0. The van der Waals surface area contributed by atoms with E-state index in [0.717, 1.165) is 16.1 Å². The van der Waals surface area contributed by atoms with Crippen molar-refractivity contribution in [1.82, 2.24) is 0 Å². The highest BCUT2D eigenvalue weighted by Crippen LogP contribution is 2.26. The van der Waals surface area contributed by atoms with Crippen LogP contribution in [-0.4, -0.2) is 54.5 Å². The highest BCUT2D eigenvalue weighted by atomic mass is 127. The van der Waals surface area contributed by atoms with E-state index in [9.17, 15) is 0 Å². The van der Waals surface area contributed by atoms with Gasteiger partial charge >= 0.3 is 17.4 Å². The molecule has 0 aromatic rings. The van der Waals surface area contributed by atoms with Crippen LogP contribution in [0.2, 0.25) is 12.1 Å². The van der Waals surface area contributed by atoms with Gasteiger partial charge in [0.2, 0.25) is 0 Å². The zero-order chi connectivity index (χ0) is 16.2. The van der Waals surface area contributed by atoms with Crippen LogP contribution < -0.4 is 0 Å². The van der Waals surface area contributed by atoms with Crippen LogP contribution in [0.5, 0.6) is 0 Å². The van der Waals surface area contributed by atoms with Crippen molar-refractivity contribution in [1.29, 1.82) is 0 Å². The van der Waals surface area contributed by atoms with Gasteiger partial charge in [0.1, 0.15) is 0 Å². The van der Waals surface area contributed by atoms with Gasteiger partial charge in [0.15, 0.2) is 0 Å². The molecule has 0 spiro atoms. The van der Waals surface area contributed by atoms with Crippen molar-refractivity contribution in [3.05, 3.63) is 0 Å². The number of hydrogen-bond donors (Lipinski definition) is 0. The Morgan fingerprint density at radius 1 is 0.619 bits per heavy atom. The van der Waals surface area contributed by atoms with Crippen LogP contribution in [0, 0.1) is 0 Å². The number of rotatable bonds is 14. The van der Waals surface area contributed by atoms with Gasteiger partial charge in [-0.15, -0.1) is 0 Å². The smallest absolute Gasteiger partial charge is 0.394 e. The van der Waals surface area contributed by atoms with E-state index < -0.39 is 17.4 Å². The SMILES string of the molecule is CCO[Si](CI)(CC[Si](OCC)(OCC)OCC)OCC. The summed E-state index contributed by atoms with van der Waals surface area (Å²) in [4.78, 5) is 0. The summed E-state index contributed by atoms with van der Waals surface area (Å²) in [6, 6.07) is 1.61. The Bertz CT molecular complexity index is 236. The zero-order valence-corrected chi connectivity index (χ0v) is 18.2. The first-order chi connectivity index (χ1) is 10.1. The summed E-state index contributed by atoms with van der Waals surface area (Å²) in [6.07, 6.45) is 0. The minimum Gasteiger partial charge on any atom is -0.394 e. The molecule has 0 fully saturated rings. The molecule has 0 atom stereocenters. The maximum absolute atomic E-state index is 6.01. The van der Waals surface area contributed by atoms with Crippen molar-refractivity contribution in [2.45, 2.75) is 46.7 Å². The van der Waals surface area contributed by atoms with E-state index in [1.165, 1.54) is 0 Å². The molecule has 5 nitrogen and oxygen atoms in total. The van der Waals surface area contributed by atoms with Gasteiger partial charge in [0, 0.05) is 43.1 Å². The van der Waals surface area contributed by atoms with E-state index >= 15 is 0 Å². The molecule has 0 aromatic heterocycles. The third-order valence-electron chi connectivity index (χ3n) is 2.92. The predicted octanol–water partition coefficient (Wildman–Crippen LogP) is 3.52. The number of hydrogen-bond acceptors (Lipinski definition) is 5. The number of halogens is 1. The predicted molar refractivity (Wildman–Crippen MR) is 98.1 cm³/mol. The van der Waals surface area contributed by atoms with Gasteiger partial charge in [-0.2, -0.15) is 0 Å². The largest absolute Gasteiger partial charge is 0.500 e. The summed E-state index contributed by atoms with van der Waals surface area (Å²) in [5, 5.41) is 0. The van der Waals surface area contributed by atoms with E-state index in [-0.39, 0.29) is 0 Å². The number of alkyl halides is 1. The highest BCUT2D eigenvalue weighted by molar-refractivity contribution is 14.1. The Hall–Kier alpha value is 0.964. The van der Waals surface area contributed by atoms with Gasteiger partial charge in [-0.25, -0.2) is 0 Å². The lowest BCUT2D eigenvalue weighted by atomic mass is 10.9. The molecule has 0 saturated heterocycles. The van der Waals surface area contributed by atoms with Gasteiger partial charge < -0.3 is 22.1 Å². The lowest BCUT2D eigenvalue weighted by molar-refractivity contribution is 0.0712. The fraction of sp³-hybridized carbons (Fsp3) is 1.00.